The second-order valence-electron chi connectivity index (χ2n) is 4.11. The molecule has 18 heavy (non-hydrogen) atoms. The number of esters is 1. The van der Waals surface area contributed by atoms with Crippen molar-refractivity contribution in [1.82, 2.24) is 0 Å². The highest BCUT2D eigenvalue weighted by atomic mass is 16.5. The molecule has 98 valence electrons. The van der Waals surface area contributed by atoms with Gasteiger partial charge in [-0.05, 0) is 12.5 Å². The topological polar surface area (TPSA) is 72.8 Å². The van der Waals surface area contributed by atoms with E-state index < -0.39 is 17.4 Å². The largest absolute Gasteiger partial charge is 0.480 e. The number of carbonyl (C=O) groups is 2. The first-order chi connectivity index (χ1) is 8.50. The van der Waals surface area contributed by atoms with E-state index in [1.807, 2.05) is 30.3 Å². The summed E-state index contributed by atoms with van der Waals surface area (Å²) in [6.45, 7) is 1.30. The molecule has 0 fully saturated rings. The Kier molecular flexibility index (Phi) is 4.85. The maximum Gasteiger partial charge on any atom is 0.325 e. The van der Waals surface area contributed by atoms with E-state index in [0.29, 0.717) is 0 Å². The third kappa shape index (κ3) is 3.30. The van der Waals surface area contributed by atoms with Gasteiger partial charge in [0, 0.05) is 0 Å². The average Bonchev–Trinajstić information content (AvgIpc) is 2.38. The van der Waals surface area contributed by atoms with Crippen LogP contribution in [0.2, 0.25) is 0 Å². The second-order valence-corrected chi connectivity index (χ2v) is 4.11. The summed E-state index contributed by atoms with van der Waals surface area (Å²) < 4.78 is 9.77. The van der Waals surface area contributed by atoms with Crippen LogP contribution in [0, 0.1) is 5.41 Å². The van der Waals surface area contributed by atoms with E-state index in [1.165, 1.54) is 6.92 Å². The van der Waals surface area contributed by atoms with E-state index in [0.717, 1.165) is 12.7 Å². The maximum atomic E-state index is 11.4. The summed E-state index contributed by atoms with van der Waals surface area (Å²) in [7, 11) is 1.15. The van der Waals surface area contributed by atoms with Crippen molar-refractivity contribution < 1.29 is 24.2 Å². The monoisotopic (exact) mass is 252 g/mol. The van der Waals surface area contributed by atoms with Crippen LogP contribution in [0.5, 0.6) is 0 Å². The molecule has 1 unspecified atom stereocenters. The van der Waals surface area contributed by atoms with Crippen LogP contribution in [0.25, 0.3) is 0 Å². The zero-order chi connectivity index (χ0) is 13.6. The van der Waals surface area contributed by atoms with Crippen molar-refractivity contribution in [3.63, 3.8) is 0 Å². The van der Waals surface area contributed by atoms with Crippen LogP contribution in [-0.4, -0.2) is 30.8 Å². The smallest absolute Gasteiger partial charge is 0.325 e. The minimum atomic E-state index is -1.68. The summed E-state index contributed by atoms with van der Waals surface area (Å²) in [5, 5.41) is 9.05. The van der Waals surface area contributed by atoms with Gasteiger partial charge >= 0.3 is 11.9 Å². The standard InChI is InChI=1S/C13H16O5/c1-13(11(14)15,12(16)17-2)9-18-8-10-6-4-3-5-7-10/h3-7H,8-9H2,1-2H3,(H,14,15). The molecule has 5 nitrogen and oxygen atoms in total. The van der Waals surface area contributed by atoms with E-state index in [1.54, 1.807) is 0 Å². The summed E-state index contributed by atoms with van der Waals surface area (Å²) in [5.74, 6) is -2.08. The summed E-state index contributed by atoms with van der Waals surface area (Å²) >= 11 is 0. The number of ether oxygens (including phenoxy) is 2. The number of hydrogen-bond acceptors (Lipinski definition) is 4. The molecular formula is C13H16O5. The van der Waals surface area contributed by atoms with E-state index in [-0.39, 0.29) is 13.2 Å². The van der Waals surface area contributed by atoms with Crippen LogP contribution in [0.1, 0.15) is 12.5 Å². The van der Waals surface area contributed by atoms with Crippen molar-refractivity contribution in [3.8, 4) is 0 Å². The SMILES string of the molecule is COC(=O)C(C)(COCc1ccccc1)C(=O)O. The Bertz CT molecular complexity index is 415. The van der Waals surface area contributed by atoms with Crippen molar-refractivity contribution in [2.45, 2.75) is 13.5 Å². The zero-order valence-corrected chi connectivity index (χ0v) is 10.4. The molecule has 5 heteroatoms. The number of carboxylic acids is 1. The average molecular weight is 252 g/mol. The van der Waals surface area contributed by atoms with Crippen LogP contribution in [0.4, 0.5) is 0 Å². The van der Waals surface area contributed by atoms with Crippen LogP contribution < -0.4 is 0 Å². The predicted octanol–water partition coefficient (Wildman–Crippen LogP) is 1.47. The Morgan fingerprint density at radius 3 is 2.39 bits per heavy atom. The van der Waals surface area contributed by atoms with Gasteiger partial charge in [-0.2, -0.15) is 0 Å². The van der Waals surface area contributed by atoms with Gasteiger partial charge in [0.1, 0.15) is 0 Å². The lowest BCUT2D eigenvalue weighted by Crippen LogP contribution is -2.41. The minimum Gasteiger partial charge on any atom is -0.480 e. The van der Waals surface area contributed by atoms with Gasteiger partial charge in [0.15, 0.2) is 5.41 Å². The number of rotatable bonds is 6. The Morgan fingerprint density at radius 2 is 1.89 bits per heavy atom. The van der Waals surface area contributed by atoms with Crippen LogP contribution in [0.3, 0.4) is 0 Å². The number of methoxy groups -OCH3 is 1. The first-order valence-corrected chi connectivity index (χ1v) is 5.44. The van der Waals surface area contributed by atoms with Gasteiger partial charge in [-0.25, -0.2) is 0 Å². The molecule has 0 saturated carbocycles. The third-order valence-corrected chi connectivity index (χ3v) is 2.61. The van der Waals surface area contributed by atoms with Gasteiger partial charge in [-0.3, -0.25) is 9.59 Å². The first kappa shape index (κ1) is 14.2. The molecule has 0 heterocycles. The van der Waals surface area contributed by atoms with Crippen molar-refractivity contribution in [2.75, 3.05) is 13.7 Å². The van der Waals surface area contributed by atoms with Gasteiger partial charge in [0.2, 0.25) is 0 Å². The molecule has 0 aliphatic carbocycles. The number of hydrogen-bond donors (Lipinski definition) is 1. The fraction of sp³-hybridized carbons (Fsp3) is 0.385. The highest BCUT2D eigenvalue weighted by Gasteiger charge is 2.43. The molecule has 1 aromatic rings. The molecule has 0 spiro atoms. The molecule has 0 bridgehead atoms. The lowest BCUT2D eigenvalue weighted by atomic mass is 9.92. The second kappa shape index (κ2) is 6.16. The van der Waals surface area contributed by atoms with E-state index in [2.05, 4.69) is 4.74 Å². The molecule has 1 aromatic carbocycles. The summed E-state index contributed by atoms with van der Waals surface area (Å²) in [6, 6.07) is 9.30. The van der Waals surface area contributed by atoms with Crippen LogP contribution in [0.15, 0.2) is 30.3 Å². The summed E-state index contributed by atoms with van der Waals surface area (Å²) in [5.41, 5.74) is -0.765. The van der Waals surface area contributed by atoms with Crippen molar-refractivity contribution in [2.24, 2.45) is 5.41 Å². The van der Waals surface area contributed by atoms with Gasteiger partial charge < -0.3 is 14.6 Å². The molecule has 0 aliphatic rings. The minimum absolute atomic E-state index is 0.232. The van der Waals surface area contributed by atoms with Crippen LogP contribution >= 0.6 is 0 Å². The fourth-order valence-electron chi connectivity index (χ4n) is 1.38. The molecule has 0 radical (unpaired) electrons. The summed E-state index contributed by atoms with van der Waals surface area (Å²) in [4.78, 5) is 22.5. The normalized spacial score (nSPS) is 13.7. The highest BCUT2D eigenvalue weighted by Crippen LogP contribution is 2.20. The maximum absolute atomic E-state index is 11.4. The van der Waals surface area contributed by atoms with Gasteiger partial charge in [-0.1, -0.05) is 30.3 Å². The predicted molar refractivity (Wildman–Crippen MR) is 63.9 cm³/mol. The van der Waals surface area contributed by atoms with E-state index >= 15 is 0 Å². The van der Waals surface area contributed by atoms with Crippen molar-refractivity contribution in [1.29, 1.82) is 0 Å². The number of aliphatic carboxylic acids is 1. The Morgan fingerprint density at radius 1 is 1.28 bits per heavy atom. The lowest BCUT2D eigenvalue weighted by molar-refractivity contribution is -0.170. The Hall–Kier alpha value is -1.88. The summed E-state index contributed by atoms with van der Waals surface area (Å²) in [6.07, 6.45) is 0. The Balaban J connectivity index is 2.59. The van der Waals surface area contributed by atoms with E-state index in [4.69, 9.17) is 9.84 Å². The molecule has 0 aromatic heterocycles. The molecule has 1 N–H and O–H groups in total. The Labute approximate surface area is 105 Å². The molecule has 1 atom stereocenters. The van der Waals surface area contributed by atoms with Gasteiger partial charge in [0.25, 0.3) is 0 Å². The van der Waals surface area contributed by atoms with Gasteiger partial charge in [0.05, 0.1) is 20.3 Å². The molecule has 0 aliphatic heterocycles. The zero-order valence-electron chi connectivity index (χ0n) is 10.4. The van der Waals surface area contributed by atoms with Gasteiger partial charge in [-0.15, -0.1) is 0 Å². The molecular weight excluding hydrogens is 236 g/mol. The lowest BCUT2D eigenvalue weighted by Gasteiger charge is -2.21. The quantitative estimate of drug-likeness (QED) is 0.613. The van der Waals surface area contributed by atoms with Crippen molar-refractivity contribution >= 4 is 11.9 Å². The highest BCUT2D eigenvalue weighted by molar-refractivity contribution is 5.98. The number of carbonyl (C=O) groups excluding carboxylic acids is 1. The first-order valence-electron chi connectivity index (χ1n) is 5.44. The number of benzene rings is 1. The third-order valence-electron chi connectivity index (χ3n) is 2.61. The van der Waals surface area contributed by atoms with Crippen molar-refractivity contribution in [3.05, 3.63) is 35.9 Å². The van der Waals surface area contributed by atoms with E-state index in [9.17, 15) is 9.59 Å². The molecule has 1 rings (SSSR count). The number of carboxylic acid groups (broad SMARTS) is 1. The molecule has 0 saturated heterocycles. The fourth-order valence-corrected chi connectivity index (χ4v) is 1.38. The van der Waals surface area contributed by atoms with Crippen LogP contribution in [-0.2, 0) is 25.7 Å². The molecule has 0 amide bonds.